The predicted octanol–water partition coefficient (Wildman–Crippen LogP) is 1.85. The topological polar surface area (TPSA) is 87.8 Å². The highest BCUT2D eigenvalue weighted by Crippen LogP contribution is 2.39. The Morgan fingerprint density at radius 3 is 2.71 bits per heavy atom. The van der Waals surface area contributed by atoms with Gasteiger partial charge < -0.3 is 23.9 Å². The highest BCUT2D eigenvalue weighted by molar-refractivity contribution is 7.18. The Balaban J connectivity index is 1.26. The Kier molecular flexibility index (Phi) is 4.38. The number of piperazine rings is 1. The molecule has 9 nitrogen and oxygen atoms in total. The van der Waals surface area contributed by atoms with Gasteiger partial charge in [-0.05, 0) is 6.42 Å². The number of hydrogen-bond acceptors (Lipinski definition) is 8. The number of fused-ring (bicyclic) bond motifs is 2. The number of anilines is 1. The van der Waals surface area contributed by atoms with Gasteiger partial charge in [0.15, 0.2) is 5.13 Å². The molecule has 0 N–H and O–H groups in total. The van der Waals surface area contributed by atoms with E-state index in [1.54, 1.807) is 6.20 Å². The van der Waals surface area contributed by atoms with Gasteiger partial charge in [-0.1, -0.05) is 11.3 Å². The quantitative estimate of drug-likeness (QED) is 0.760. The van der Waals surface area contributed by atoms with Crippen LogP contribution in [0.3, 0.4) is 0 Å². The second kappa shape index (κ2) is 6.92. The average molecular weight is 412 g/mol. The number of morpholine rings is 1. The zero-order valence-corrected chi connectivity index (χ0v) is 15.6. The van der Waals surface area contributed by atoms with E-state index >= 15 is 0 Å². The molecule has 2 aromatic rings. The maximum Gasteiger partial charge on any atom is 0.320 e. The number of nitrogens with zero attached hydrogens (tertiary/aromatic N) is 6. The van der Waals surface area contributed by atoms with E-state index in [0.717, 1.165) is 11.6 Å². The van der Waals surface area contributed by atoms with Crippen LogP contribution in [0.5, 0.6) is 0 Å². The fraction of sp³-hybridized carbons (Fsp3) is 0.625. The summed E-state index contributed by atoms with van der Waals surface area (Å²) in [6.45, 7) is 3.81. The lowest BCUT2D eigenvalue weighted by atomic mass is 10.2. The Morgan fingerprint density at radius 2 is 2.04 bits per heavy atom. The Labute approximate surface area is 162 Å². The molecule has 28 heavy (non-hydrogen) atoms. The van der Waals surface area contributed by atoms with Crippen LogP contribution in [0.2, 0.25) is 0 Å². The molecule has 2 atom stereocenters. The third-order valence-electron chi connectivity index (χ3n) is 5.35. The molecule has 3 fully saturated rings. The maximum absolute atomic E-state index is 12.8. The van der Waals surface area contributed by atoms with Gasteiger partial charge in [0, 0.05) is 26.2 Å². The third-order valence-corrected chi connectivity index (χ3v) is 6.37. The standard InChI is InChI=1S/C16H18F2N6O3S/c17-12(18)14-21-20-13(27-14)11-6-19-15(28-11)23-7-10-5-9(23)8-24(10)16(25)22-1-3-26-4-2-22/h6,9-10,12H,1-5,7-8H2. The Hall–Kier alpha value is -2.34. The van der Waals surface area contributed by atoms with Crippen LogP contribution in [0.15, 0.2) is 10.6 Å². The minimum absolute atomic E-state index is 0.0486. The van der Waals surface area contributed by atoms with Gasteiger partial charge in [-0.25, -0.2) is 9.78 Å². The minimum Gasteiger partial charge on any atom is -0.414 e. The molecule has 2 bridgehead atoms. The molecule has 12 heteroatoms. The number of rotatable bonds is 3. The molecule has 5 heterocycles. The molecule has 2 unspecified atom stereocenters. The summed E-state index contributed by atoms with van der Waals surface area (Å²) >= 11 is 1.33. The smallest absolute Gasteiger partial charge is 0.320 e. The fourth-order valence-corrected chi connectivity index (χ4v) is 4.91. The van der Waals surface area contributed by atoms with Gasteiger partial charge in [0.05, 0.1) is 31.5 Å². The van der Waals surface area contributed by atoms with Crippen molar-refractivity contribution in [3.05, 3.63) is 12.1 Å². The number of carbonyl (C=O) groups excluding carboxylic acids is 1. The zero-order valence-electron chi connectivity index (χ0n) is 14.8. The van der Waals surface area contributed by atoms with Crippen molar-refractivity contribution < 1.29 is 22.7 Å². The first-order chi connectivity index (χ1) is 13.6. The van der Waals surface area contributed by atoms with E-state index in [2.05, 4.69) is 20.1 Å². The first-order valence-corrected chi connectivity index (χ1v) is 9.89. The summed E-state index contributed by atoms with van der Waals surface area (Å²) in [5.41, 5.74) is 0. The van der Waals surface area contributed by atoms with Crippen molar-refractivity contribution in [2.24, 2.45) is 0 Å². The molecule has 0 saturated carbocycles. The molecule has 2 amide bonds. The van der Waals surface area contributed by atoms with Gasteiger partial charge in [-0.3, -0.25) is 0 Å². The molecule has 3 aliphatic heterocycles. The Bertz CT molecular complexity index is 870. The van der Waals surface area contributed by atoms with E-state index in [1.165, 1.54) is 11.3 Å². The number of aromatic nitrogens is 3. The highest BCUT2D eigenvalue weighted by atomic mass is 32.1. The van der Waals surface area contributed by atoms with Gasteiger partial charge in [0.25, 0.3) is 11.8 Å². The summed E-state index contributed by atoms with van der Waals surface area (Å²) in [6, 6.07) is 0.440. The van der Waals surface area contributed by atoms with Crippen molar-refractivity contribution in [1.82, 2.24) is 25.0 Å². The summed E-state index contributed by atoms with van der Waals surface area (Å²) in [5.74, 6) is -0.644. The fourth-order valence-electron chi connectivity index (χ4n) is 3.99. The summed E-state index contributed by atoms with van der Waals surface area (Å²) in [6.07, 6.45) is -0.329. The van der Waals surface area contributed by atoms with Crippen molar-refractivity contribution in [2.45, 2.75) is 24.9 Å². The van der Waals surface area contributed by atoms with Crippen LogP contribution in [0, 0.1) is 0 Å². The van der Waals surface area contributed by atoms with Crippen LogP contribution >= 0.6 is 11.3 Å². The number of ether oxygens (including phenoxy) is 1. The lowest BCUT2D eigenvalue weighted by molar-refractivity contribution is 0.0417. The monoisotopic (exact) mass is 412 g/mol. The van der Waals surface area contributed by atoms with E-state index in [9.17, 15) is 13.6 Å². The number of halogens is 2. The highest BCUT2D eigenvalue weighted by Gasteiger charge is 2.47. The second-order valence-electron chi connectivity index (χ2n) is 6.98. The normalized spacial score (nSPS) is 24.6. The first kappa shape index (κ1) is 17.7. The largest absolute Gasteiger partial charge is 0.414 e. The van der Waals surface area contributed by atoms with Gasteiger partial charge in [0.1, 0.15) is 4.88 Å². The molecule has 150 valence electrons. The number of amides is 2. The molecule has 0 radical (unpaired) electrons. The maximum atomic E-state index is 12.8. The first-order valence-electron chi connectivity index (χ1n) is 9.08. The zero-order chi connectivity index (χ0) is 19.3. The number of hydrogen-bond donors (Lipinski definition) is 0. The molecule has 0 aliphatic carbocycles. The summed E-state index contributed by atoms with van der Waals surface area (Å²) in [5, 5.41) is 7.80. The van der Waals surface area contributed by atoms with Crippen LogP contribution in [-0.4, -0.2) is 82.5 Å². The molecule has 2 aromatic heterocycles. The van der Waals surface area contributed by atoms with E-state index in [1.807, 2.05) is 9.80 Å². The number of thiazole rings is 1. The van der Waals surface area contributed by atoms with Crippen molar-refractivity contribution in [3.63, 3.8) is 0 Å². The predicted molar refractivity (Wildman–Crippen MR) is 94.4 cm³/mol. The van der Waals surface area contributed by atoms with Crippen molar-refractivity contribution in [3.8, 4) is 10.8 Å². The van der Waals surface area contributed by atoms with Crippen LogP contribution in [0.1, 0.15) is 18.7 Å². The molecule has 3 saturated heterocycles. The number of likely N-dealkylation sites (tertiary alicyclic amines) is 1. The lowest BCUT2D eigenvalue weighted by Crippen LogP contribution is -2.55. The SMILES string of the molecule is O=C(N1CCOCC1)N1CC2CC1CN2c1ncc(-c2nnc(C(F)F)o2)s1. The number of alkyl halides is 2. The van der Waals surface area contributed by atoms with E-state index < -0.39 is 12.3 Å². The van der Waals surface area contributed by atoms with Crippen LogP contribution in [0.25, 0.3) is 10.8 Å². The van der Waals surface area contributed by atoms with Crippen LogP contribution < -0.4 is 4.90 Å². The molecule has 5 rings (SSSR count). The molecular weight excluding hydrogens is 394 g/mol. The van der Waals surface area contributed by atoms with Crippen LogP contribution in [0.4, 0.5) is 18.7 Å². The second-order valence-corrected chi connectivity index (χ2v) is 7.99. The number of carbonyl (C=O) groups is 1. The lowest BCUT2D eigenvalue weighted by Gasteiger charge is -2.38. The summed E-state index contributed by atoms with van der Waals surface area (Å²) in [7, 11) is 0. The van der Waals surface area contributed by atoms with Crippen molar-refractivity contribution in [1.29, 1.82) is 0 Å². The molecule has 0 spiro atoms. The van der Waals surface area contributed by atoms with Gasteiger partial charge in [-0.2, -0.15) is 8.78 Å². The molecule has 3 aliphatic rings. The van der Waals surface area contributed by atoms with Gasteiger partial charge in [0.2, 0.25) is 0 Å². The van der Waals surface area contributed by atoms with Crippen molar-refractivity contribution in [2.75, 3.05) is 44.3 Å². The average Bonchev–Trinajstić information content (AvgIpc) is 3.50. The Morgan fingerprint density at radius 1 is 1.21 bits per heavy atom. The summed E-state index contributed by atoms with van der Waals surface area (Å²) < 4.78 is 35.6. The number of urea groups is 1. The third kappa shape index (κ3) is 3.00. The van der Waals surface area contributed by atoms with Gasteiger partial charge in [-0.15, -0.1) is 10.2 Å². The van der Waals surface area contributed by atoms with E-state index in [0.29, 0.717) is 44.3 Å². The van der Waals surface area contributed by atoms with E-state index in [4.69, 9.17) is 9.15 Å². The van der Waals surface area contributed by atoms with E-state index in [-0.39, 0.29) is 24.0 Å². The molecular formula is C16H18F2N6O3S. The summed E-state index contributed by atoms with van der Waals surface area (Å²) in [4.78, 5) is 23.7. The van der Waals surface area contributed by atoms with Crippen molar-refractivity contribution >= 4 is 22.5 Å². The molecule has 0 aromatic carbocycles. The minimum atomic E-state index is -2.79. The van der Waals surface area contributed by atoms with Crippen LogP contribution in [-0.2, 0) is 4.74 Å². The van der Waals surface area contributed by atoms with Gasteiger partial charge >= 0.3 is 12.5 Å².